The number of pyridine rings is 1. The van der Waals surface area contributed by atoms with Crippen molar-refractivity contribution in [1.82, 2.24) is 9.88 Å². The van der Waals surface area contributed by atoms with E-state index in [1.807, 2.05) is 25.4 Å². The van der Waals surface area contributed by atoms with Gasteiger partial charge in [0.15, 0.2) is 0 Å². The SMILES string of the molecule is CC(c1cccnc1)N(C)CC(O)COc1ccc(Cl)cc1. The summed E-state index contributed by atoms with van der Waals surface area (Å²) in [5, 5.41) is 10.8. The van der Waals surface area contributed by atoms with E-state index >= 15 is 0 Å². The number of ether oxygens (including phenoxy) is 1. The zero-order chi connectivity index (χ0) is 15.9. The third-order valence-electron chi connectivity index (χ3n) is 3.58. The van der Waals surface area contributed by atoms with E-state index < -0.39 is 6.10 Å². The summed E-state index contributed by atoms with van der Waals surface area (Å²) in [6, 6.07) is 11.2. The fraction of sp³-hybridized carbons (Fsp3) is 0.353. The molecular formula is C17H21ClN2O2. The van der Waals surface area contributed by atoms with Gasteiger partial charge in [-0.1, -0.05) is 17.7 Å². The highest BCUT2D eigenvalue weighted by atomic mass is 35.5. The number of rotatable bonds is 7. The molecule has 2 atom stereocenters. The molecule has 0 aliphatic rings. The second-order valence-corrected chi connectivity index (χ2v) is 5.76. The van der Waals surface area contributed by atoms with Crippen molar-refractivity contribution >= 4 is 11.6 Å². The van der Waals surface area contributed by atoms with Crippen molar-refractivity contribution in [3.63, 3.8) is 0 Å². The summed E-state index contributed by atoms with van der Waals surface area (Å²) < 4.78 is 5.56. The zero-order valence-electron chi connectivity index (χ0n) is 12.8. The third-order valence-corrected chi connectivity index (χ3v) is 3.83. The summed E-state index contributed by atoms with van der Waals surface area (Å²) in [5.74, 6) is 0.700. The molecule has 4 nitrogen and oxygen atoms in total. The standard InChI is InChI=1S/C17H21ClN2O2/c1-13(14-4-3-9-19-10-14)20(2)11-16(21)12-22-17-7-5-15(18)6-8-17/h3-10,13,16,21H,11-12H2,1-2H3. The number of aliphatic hydroxyl groups is 1. The first-order valence-electron chi connectivity index (χ1n) is 7.23. The van der Waals surface area contributed by atoms with Crippen LogP contribution in [0.25, 0.3) is 0 Å². The number of benzene rings is 1. The van der Waals surface area contributed by atoms with Gasteiger partial charge in [-0.05, 0) is 49.9 Å². The van der Waals surface area contributed by atoms with Crippen LogP contribution < -0.4 is 4.74 Å². The Labute approximate surface area is 136 Å². The minimum Gasteiger partial charge on any atom is -0.491 e. The van der Waals surface area contributed by atoms with Crippen LogP contribution in [0, 0.1) is 0 Å². The molecule has 0 fully saturated rings. The van der Waals surface area contributed by atoms with Gasteiger partial charge in [0.25, 0.3) is 0 Å². The van der Waals surface area contributed by atoms with Gasteiger partial charge in [-0.3, -0.25) is 9.88 Å². The molecule has 0 spiro atoms. The predicted octanol–water partition coefficient (Wildman–Crippen LogP) is 3.17. The Morgan fingerprint density at radius 1 is 1.27 bits per heavy atom. The van der Waals surface area contributed by atoms with Gasteiger partial charge in [0.1, 0.15) is 18.5 Å². The molecule has 1 aromatic carbocycles. The van der Waals surface area contributed by atoms with Crippen LogP contribution in [0.15, 0.2) is 48.8 Å². The second kappa shape index (κ2) is 8.13. The van der Waals surface area contributed by atoms with E-state index in [2.05, 4.69) is 16.8 Å². The van der Waals surface area contributed by atoms with Crippen molar-refractivity contribution in [3.05, 3.63) is 59.4 Å². The quantitative estimate of drug-likeness (QED) is 0.851. The van der Waals surface area contributed by atoms with Gasteiger partial charge in [0, 0.05) is 30.0 Å². The van der Waals surface area contributed by atoms with Gasteiger partial charge >= 0.3 is 0 Å². The van der Waals surface area contributed by atoms with E-state index in [4.69, 9.17) is 16.3 Å². The van der Waals surface area contributed by atoms with E-state index in [0.717, 1.165) is 5.56 Å². The minimum atomic E-state index is -0.570. The van der Waals surface area contributed by atoms with Crippen LogP contribution in [0.4, 0.5) is 0 Å². The van der Waals surface area contributed by atoms with Gasteiger partial charge in [-0.25, -0.2) is 0 Å². The molecule has 0 radical (unpaired) electrons. The molecule has 0 bridgehead atoms. The molecule has 0 aliphatic heterocycles. The van der Waals surface area contributed by atoms with Gasteiger partial charge in [-0.15, -0.1) is 0 Å². The van der Waals surface area contributed by atoms with Crippen molar-refractivity contribution in [2.24, 2.45) is 0 Å². The maximum atomic E-state index is 10.1. The zero-order valence-corrected chi connectivity index (χ0v) is 13.6. The highest BCUT2D eigenvalue weighted by Crippen LogP contribution is 2.18. The fourth-order valence-corrected chi connectivity index (χ4v) is 2.27. The van der Waals surface area contributed by atoms with Crippen LogP contribution in [-0.2, 0) is 0 Å². The molecule has 2 aromatic rings. The number of aromatic nitrogens is 1. The van der Waals surface area contributed by atoms with Crippen molar-refractivity contribution in [1.29, 1.82) is 0 Å². The average molecular weight is 321 g/mol. The van der Waals surface area contributed by atoms with Crippen LogP contribution in [0.3, 0.4) is 0 Å². The summed E-state index contributed by atoms with van der Waals surface area (Å²) in [6.45, 7) is 2.85. The maximum Gasteiger partial charge on any atom is 0.119 e. The first kappa shape index (κ1) is 16.7. The summed E-state index contributed by atoms with van der Waals surface area (Å²) in [5.41, 5.74) is 1.12. The summed E-state index contributed by atoms with van der Waals surface area (Å²) >= 11 is 5.82. The molecule has 0 amide bonds. The topological polar surface area (TPSA) is 45.6 Å². The molecule has 118 valence electrons. The number of aliphatic hydroxyl groups excluding tert-OH is 1. The molecule has 22 heavy (non-hydrogen) atoms. The molecule has 0 saturated heterocycles. The summed E-state index contributed by atoms with van der Waals surface area (Å²) in [6.07, 6.45) is 3.03. The van der Waals surface area contributed by atoms with Crippen LogP contribution >= 0.6 is 11.6 Å². The molecule has 1 heterocycles. The molecule has 0 aliphatic carbocycles. The van der Waals surface area contributed by atoms with E-state index in [1.165, 1.54) is 0 Å². The van der Waals surface area contributed by atoms with Gasteiger partial charge in [0.2, 0.25) is 0 Å². The van der Waals surface area contributed by atoms with E-state index in [1.54, 1.807) is 30.5 Å². The third kappa shape index (κ3) is 4.98. The van der Waals surface area contributed by atoms with Crippen molar-refractivity contribution in [3.8, 4) is 5.75 Å². The second-order valence-electron chi connectivity index (χ2n) is 5.32. The predicted molar refractivity (Wildman–Crippen MR) is 88.2 cm³/mol. The normalized spacial score (nSPS) is 13.9. The lowest BCUT2D eigenvalue weighted by Gasteiger charge is -2.27. The number of hydrogen-bond donors (Lipinski definition) is 1. The lowest BCUT2D eigenvalue weighted by molar-refractivity contribution is 0.0653. The lowest BCUT2D eigenvalue weighted by Crippen LogP contribution is -2.34. The van der Waals surface area contributed by atoms with Crippen LogP contribution in [-0.4, -0.2) is 41.3 Å². The molecule has 2 rings (SSSR count). The smallest absolute Gasteiger partial charge is 0.119 e. The fourth-order valence-electron chi connectivity index (χ4n) is 2.14. The summed E-state index contributed by atoms with van der Waals surface area (Å²) in [4.78, 5) is 6.20. The number of likely N-dealkylation sites (N-methyl/N-ethyl adjacent to an activating group) is 1. The van der Waals surface area contributed by atoms with Gasteiger partial charge in [0.05, 0.1) is 0 Å². The highest BCUT2D eigenvalue weighted by Gasteiger charge is 2.16. The van der Waals surface area contributed by atoms with Gasteiger partial charge in [-0.2, -0.15) is 0 Å². The average Bonchev–Trinajstić information content (AvgIpc) is 2.54. The number of nitrogens with zero attached hydrogens (tertiary/aromatic N) is 2. The Kier molecular flexibility index (Phi) is 6.19. The Hall–Kier alpha value is -1.62. The largest absolute Gasteiger partial charge is 0.491 e. The summed E-state index contributed by atoms with van der Waals surface area (Å²) in [7, 11) is 1.98. The molecule has 5 heteroatoms. The van der Waals surface area contributed by atoms with Crippen LogP contribution in [0.5, 0.6) is 5.75 Å². The monoisotopic (exact) mass is 320 g/mol. The highest BCUT2D eigenvalue weighted by molar-refractivity contribution is 6.30. The Bertz CT molecular complexity index is 563. The number of halogens is 1. The molecule has 1 aromatic heterocycles. The Balaban J connectivity index is 1.81. The number of hydrogen-bond acceptors (Lipinski definition) is 4. The van der Waals surface area contributed by atoms with Gasteiger partial charge < -0.3 is 9.84 Å². The van der Waals surface area contributed by atoms with Crippen LogP contribution in [0.1, 0.15) is 18.5 Å². The van der Waals surface area contributed by atoms with Crippen molar-refractivity contribution in [2.45, 2.75) is 19.1 Å². The molecular weight excluding hydrogens is 300 g/mol. The minimum absolute atomic E-state index is 0.180. The Morgan fingerprint density at radius 3 is 2.64 bits per heavy atom. The molecule has 1 N–H and O–H groups in total. The van der Waals surface area contributed by atoms with E-state index in [-0.39, 0.29) is 12.6 Å². The maximum absolute atomic E-state index is 10.1. The first-order chi connectivity index (χ1) is 10.6. The van der Waals surface area contributed by atoms with E-state index in [9.17, 15) is 5.11 Å². The molecule has 0 saturated carbocycles. The van der Waals surface area contributed by atoms with Crippen LogP contribution in [0.2, 0.25) is 5.02 Å². The Morgan fingerprint density at radius 2 is 2.00 bits per heavy atom. The molecule has 2 unspecified atom stereocenters. The van der Waals surface area contributed by atoms with Crippen molar-refractivity contribution in [2.75, 3.05) is 20.2 Å². The lowest BCUT2D eigenvalue weighted by atomic mass is 10.1. The van der Waals surface area contributed by atoms with Crippen molar-refractivity contribution < 1.29 is 9.84 Å². The van der Waals surface area contributed by atoms with E-state index in [0.29, 0.717) is 17.3 Å². The first-order valence-corrected chi connectivity index (χ1v) is 7.60.